The van der Waals surface area contributed by atoms with Crippen LogP contribution in [0.4, 0.5) is 0 Å². The van der Waals surface area contributed by atoms with Gasteiger partial charge >= 0.3 is 146 Å². The summed E-state index contributed by atoms with van der Waals surface area (Å²) in [5, 5.41) is 19.0. The first-order valence-corrected chi connectivity index (χ1v) is 9.00. The van der Waals surface area contributed by atoms with Gasteiger partial charge in [-0.2, -0.15) is 0 Å². The Bertz CT molecular complexity index is 746. The molecule has 12 heteroatoms. The van der Waals surface area contributed by atoms with Gasteiger partial charge in [-0.25, -0.2) is 0 Å². The second-order valence-corrected chi connectivity index (χ2v) is 7.60. The third kappa shape index (κ3) is 4.34. The summed E-state index contributed by atoms with van der Waals surface area (Å²) in [7, 11) is -3.91. The van der Waals surface area contributed by atoms with Gasteiger partial charge in [0.25, 0.3) is 0 Å². The van der Waals surface area contributed by atoms with Gasteiger partial charge in [0.1, 0.15) is 0 Å². The molecule has 1 aromatic heterocycles. The van der Waals surface area contributed by atoms with Crippen molar-refractivity contribution in [3.05, 3.63) is 29.6 Å². The van der Waals surface area contributed by atoms with Crippen LogP contribution in [0.3, 0.4) is 0 Å². The second kappa shape index (κ2) is 7.48. The van der Waals surface area contributed by atoms with E-state index in [0.717, 1.165) is 4.31 Å². The molecule has 2 unspecified atom stereocenters. The maximum atomic E-state index is 12.4. The van der Waals surface area contributed by atoms with Crippen LogP contribution in [0.5, 0.6) is 0 Å². The van der Waals surface area contributed by atoms with Crippen LogP contribution in [0.15, 0.2) is 24.1 Å². The quantitative estimate of drug-likeness (QED) is 0.175. The standard InChI is InChI=1S/C13H21BN6O4S/c15-12(16)18-4-5-19-25(23,24)20-7-10(9-2-1-3-14-6-9)13(17,8-20)11(21)22/h1-3,6,10,19H,4-5,7-8,17H2,(H,21,22)(H4,15,16,18). The summed E-state index contributed by atoms with van der Waals surface area (Å²) in [4.78, 5) is 11.7. The number of guanidine groups is 1. The number of carbonyl (C=O) groups is 1. The van der Waals surface area contributed by atoms with Crippen LogP contribution in [0.2, 0.25) is 0 Å². The normalized spacial score (nSPS) is 24.0. The van der Waals surface area contributed by atoms with Crippen molar-refractivity contribution >= 4 is 29.0 Å². The van der Waals surface area contributed by atoms with Crippen molar-refractivity contribution in [1.29, 1.82) is 5.41 Å². The number of carboxylic acids is 1. The Morgan fingerprint density at radius 2 is 2.24 bits per heavy atom. The second-order valence-electron chi connectivity index (χ2n) is 5.84. The van der Waals surface area contributed by atoms with E-state index in [0.29, 0.717) is 5.56 Å². The molecule has 0 saturated carbocycles. The Balaban J connectivity index is 2.15. The van der Waals surface area contributed by atoms with Crippen molar-refractivity contribution in [2.75, 3.05) is 26.2 Å². The fourth-order valence-corrected chi connectivity index (χ4v) is 4.06. The maximum absolute atomic E-state index is 12.4. The molecule has 2 heterocycles. The molecule has 0 bridgehead atoms. The third-order valence-electron chi connectivity index (χ3n) is 4.11. The third-order valence-corrected chi connectivity index (χ3v) is 5.64. The molecule has 1 fully saturated rings. The van der Waals surface area contributed by atoms with Gasteiger partial charge in [0, 0.05) is 0 Å². The fraction of sp³-hybridized carbons (Fsp3) is 0.462. The molecule has 8 N–H and O–H groups in total. The molecule has 0 aliphatic carbocycles. The molecule has 1 saturated heterocycles. The molecule has 0 aromatic carbocycles. The van der Waals surface area contributed by atoms with E-state index in [4.69, 9.17) is 16.9 Å². The Labute approximate surface area is 146 Å². The molecule has 25 heavy (non-hydrogen) atoms. The van der Waals surface area contributed by atoms with Crippen molar-refractivity contribution in [2.45, 2.75) is 11.5 Å². The number of hydrogen-bond acceptors (Lipinski definition) is 5. The average Bonchev–Trinajstić information content (AvgIpc) is 2.92. The van der Waals surface area contributed by atoms with Crippen molar-refractivity contribution in [3.63, 3.8) is 0 Å². The van der Waals surface area contributed by atoms with E-state index in [2.05, 4.69) is 10.0 Å². The van der Waals surface area contributed by atoms with E-state index in [9.17, 15) is 18.3 Å². The van der Waals surface area contributed by atoms with Gasteiger partial charge in [-0.05, 0) is 0 Å². The number of hydrogen-bond donors (Lipinski definition) is 6. The summed E-state index contributed by atoms with van der Waals surface area (Å²) in [5.41, 5.74) is 10.1. The van der Waals surface area contributed by atoms with Gasteiger partial charge < -0.3 is 0 Å². The molecule has 2 rings (SSSR count). The Hall–Kier alpha value is -2.02. The minimum atomic E-state index is -3.91. The predicted octanol–water partition coefficient (Wildman–Crippen LogP) is -2.48. The van der Waals surface area contributed by atoms with Crippen LogP contribution >= 0.6 is 0 Å². The van der Waals surface area contributed by atoms with E-state index in [-0.39, 0.29) is 32.1 Å². The Kier molecular flexibility index (Phi) is 5.78. The number of nitrogens with zero attached hydrogens (tertiary/aromatic N) is 1. The monoisotopic (exact) mass is 368 g/mol. The fourth-order valence-electron chi connectivity index (χ4n) is 2.79. The molecular weight excluding hydrogens is 347 g/mol. The molecule has 136 valence electrons. The predicted molar refractivity (Wildman–Crippen MR) is 93.5 cm³/mol. The average molecular weight is 368 g/mol. The first kappa shape index (κ1) is 19.3. The van der Waals surface area contributed by atoms with Gasteiger partial charge in [0.05, 0.1) is 0 Å². The van der Waals surface area contributed by atoms with Crippen molar-refractivity contribution in [2.24, 2.45) is 11.5 Å². The molecule has 1 aromatic rings. The van der Waals surface area contributed by atoms with Gasteiger partial charge in [0.2, 0.25) is 0 Å². The number of rotatable bonds is 7. The van der Waals surface area contributed by atoms with Crippen LogP contribution in [0.1, 0.15) is 11.5 Å². The number of nitrogens with one attached hydrogen (secondary N) is 3. The summed E-state index contributed by atoms with van der Waals surface area (Å²) in [5.74, 6) is 1.33. The van der Waals surface area contributed by atoms with E-state index in [1.807, 2.05) is 0 Å². The number of carboxylic acid groups (broad SMARTS) is 1. The molecule has 1 aliphatic rings. The van der Waals surface area contributed by atoms with Crippen LogP contribution in [-0.4, -0.2) is 68.4 Å². The summed E-state index contributed by atoms with van der Waals surface area (Å²) in [6.07, 6.45) is 0. The minimum absolute atomic E-state index is 0.000933. The summed E-state index contributed by atoms with van der Waals surface area (Å²) in [6, 6.07) is 3.48. The first-order valence-electron chi connectivity index (χ1n) is 7.56. The first-order chi connectivity index (χ1) is 11.7. The van der Waals surface area contributed by atoms with Crippen LogP contribution in [0, 0.1) is 5.41 Å². The number of nitrogens with two attached hydrogens (primary N) is 2. The molecule has 0 spiro atoms. The van der Waals surface area contributed by atoms with E-state index >= 15 is 0 Å². The molecule has 10 nitrogen and oxygen atoms in total. The van der Waals surface area contributed by atoms with Gasteiger partial charge in [0.15, 0.2) is 0 Å². The molecule has 0 radical (unpaired) electrons. The zero-order chi connectivity index (χ0) is 18.7. The van der Waals surface area contributed by atoms with Crippen LogP contribution in [0.25, 0.3) is 0 Å². The van der Waals surface area contributed by atoms with Gasteiger partial charge in [-0.15, -0.1) is 0 Å². The van der Waals surface area contributed by atoms with Crippen molar-refractivity contribution < 1.29 is 18.3 Å². The van der Waals surface area contributed by atoms with E-state index < -0.39 is 27.6 Å². The van der Waals surface area contributed by atoms with Gasteiger partial charge in [-0.3, -0.25) is 0 Å². The van der Waals surface area contributed by atoms with Crippen LogP contribution < -0.4 is 21.5 Å². The Morgan fingerprint density at radius 3 is 2.80 bits per heavy atom. The Morgan fingerprint density at radius 1 is 1.52 bits per heavy atom. The number of aliphatic carboxylic acids is 1. The van der Waals surface area contributed by atoms with Gasteiger partial charge in [-0.1, -0.05) is 0 Å². The van der Waals surface area contributed by atoms with Crippen LogP contribution in [-0.2, 0) is 15.0 Å². The SMILES string of the molecule is N=C(N)NCCNS(=O)(=O)N1CC(c2cbccc2)C(N)(C(=O)O)C1. The topological polar surface area (TPSA) is 175 Å². The molecule has 0 amide bonds. The van der Waals surface area contributed by atoms with E-state index in [1.54, 1.807) is 31.0 Å². The van der Waals surface area contributed by atoms with Crippen molar-refractivity contribution in [3.8, 4) is 0 Å². The molecule has 1 aliphatic heterocycles. The zero-order valence-electron chi connectivity index (χ0n) is 13.5. The summed E-state index contributed by atoms with van der Waals surface area (Å²) < 4.78 is 28.2. The molecule has 2 atom stereocenters. The zero-order valence-corrected chi connectivity index (χ0v) is 14.3. The summed E-state index contributed by atoms with van der Waals surface area (Å²) in [6.45, 7) is 1.51. The van der Waals surface area contributed by atoms with Crippen molar-refractivity contribution in [1.82, 2.24) is 14.3 Å². The van der Waals surface area contributed by atoms with E-state index in [1.165, 1.54) is 0 Å². The summed E-state index contributed by atoms with van der Waals surface area (Å²) >= 11 is 0. The molecular formula is C13H21BN6O4S.